The topological polar surface area (TPSA) is 75.6 Å². The van der Waals surface area contributed by atoms with Crippen LogP contribution < -0.4 is 4.74 Å². The quantitative estimate of drug-likeness (QED) is 0.567. The van der Waals surface area contributed by atoms with Crippen LogP contribution >= 0.6 is 15.9 Å². The largest absolute Gasteiger partial charge is 0.497 e. The molecule has 0 aromatic heterocycles. The maximum absolute atomic E-state index is 10.7. The van der Waals surface area contributed by atoms with Crippen LogP contribution in [0.25, 0.3) is 0 Å². The van der Waals surface area contributed by atoms with Gasteiger partial charge in [0.15, 0.2) is 0 Å². The lowest BCUT2D eigenvalue weighted by molar-refractivity contribution is -0.195. The van der Waals surface area contributed by atoms with Crippen LogP contribution in [0, 0.1) is 0 Å². The standard InChI is InChI=1S/C18H25BrO7/c1-21-10-25-15-8-14(19)17(16(20)18(15)26-11-22-2)24-9-12-4-6-13(23-3)7-5-12/h4-8,15-18,20H,9-11H2,1-3H3/t15-,16-,17-,18-/m1/s1. The minimum Gasteiger partial charge on any atom is -0.497 e. The zero-order valence-corrected chi connectivity index (χ0v) is 16.7. The maximum atomic E-state index is 10.7. The van der Waals surface area contributed by atoms with Crippen molar-refractivity contribution in [1.29, 1.82) is 0 Å². The monoisotopic (exact) mass is 432 g/mol. The van der Waals surface area contributed by atoms with Crippen molar-refractivity contribution in [2.75, 3.05) is 34.9 Å². The van der Waals surface area contributed by atoms with E-state index in [-0.39, 0.29) is 13.6 Å². The average molecular weight is 433 g/mol. The lowest BCUT2D eigenvalue weighted by Crippen LogP contribution is -2.51. The number of halogens is 1. The third-order valence-corrected chi connectivity index (χ3v) is 4.63. The predicted molar refractivity (Wildman–Crippen MR) is 98.1 cm³/mol. The Morgan fingerprint density at radius 3 is 2.23 bits per heavy atom. The fourth-order valence-electron chi connectivity index (χ4n) is 2.59. The Kier molecular flexibility index (Phi) is 9.00. The smallest absolute Gasteiger partial charge is 0.147 e. The highest BCUT2D eigenvalue weighted by Gasteiger charge is 2.41. The normalized spacial score (nSPS) is 25.8. The first kappa shape index (κ1) is 21.3. The average Bonchev–Trinajstić information content (AvgIpc) is 2.66. The third kappa shape index (κ3) is 5.75. The van der Waals surface area contributed by atoms with Crippen LogP contribution in [0.15, 0.2) is 34.8 Å². The van der Waals surface area contributed by atoms with Gasteiger partial charge in [0.2, 0.25) is 0 Å². The molecule has 26 heavy (non-hydrogen) atoms. The number of benzene rings is 1. The number of aliphatic hydroxyl groups is 1. The van der Waals surface area contributed by atoms with Crippen molar-refractivity contribution < 1.29 is 33.5 Å². The van der Waals surface area contributed by atoms with E-state index in [9.17, 15) is 5.11 Å². The van der Waals surface area contributed by atoms with Crippen molar-refractivity contribution in [1.82, 2.24) is 0 Å². The highest BCUT2D eigenvalue weighted by Crippen LogP contribution is 2.31. The van der Waals surface area contributed by atoms with Gasteiger partial charge in [-0.15, -0.1) is 0 Å². The summed E-state index contributed by atoms with van der Waals surface area (Å²) in [5.41, 5.74) is 0.963. The highest BCUT2D eigenvalue weighted by atomic mass is 79.9. The first-order valence-electron chi connectivity index (χ1n) is 8.11. The van der Waals surface area contributed by atoms with E-state index in [4.69, 9.17) is 28.4 Å². The lowest BCUT2D eigenvalue weighted by atomic mass is 9.95. The van der Waals surface area contributed by atoms with Crippen molar-refractivity contribution in [3.63, 3.8) is 0 Å². The molecule has 0 unspecified atom stereocenters. The second-order valence-corrected chi connectivity index (χ2v) is 6.61. The lowest BCUT2D eigenvalue weighted by Gasteiger charge is -2.37. The molecular weight excluding hydrogens is 408 g/mol. The Labute approximate surface area is 161 Å². The van der Waals surface area contributed by atoms with E-state index in [0.717, 1.165) is 11.3 Å². The molecular formula is C18H25BrO7. The van der Waals surface area contributed by atoms with Gasteiger partial charge in [-0.1, -0.05) is 28.1 Å². The summed E-state index contributed by atoms with van der Waals surface area (Å²) in [7, 11) is 4.67. The zero-order valence-electron chi connectivity index (χ0n) is 15.1. The third-order valence-electron chi connectivity index (χ3n) is 3.91. The number of hydrogen-bond acceptors (Lipinski definition) is 7. The van der Waals surface area contributed by atoms with Crippen LogP contribution in [0.1, 0.15) is 5.56 Å². The maximum Gasteiger partial charge on any atom is 0.147 e. The van der Waals surface area contributed by atoms with Gasteiger partial charge in [0.25, 0.3) is 0 Å². The van der Waals surface area contributed by atoms with Gasteiger partial charge < -0.3 is 33.5 Å². The van der Waals surface area contributed by atoms with Gasteiger partial charge in [0, 0.05) is 18.7 Å². The molecule has 1 aromatic carbocycles. The summed E-state index contributed by atoms with van der Waals surface area (Å²) >= 11 is 3.47. The number of ether oxygens (including phenoxy) is 6. The van der Waals surface area contributed by atoms with Crippen molar-refractivity contribution in [3.8, 4) is 5.75 Å². The number of aliphatic hydroxyl groups excluding tert-OH is 1. The summed E-state index contributed by atoms with van der Waals surface area (Å²) in [6.07, 6.45) is -0.848. The molecule has 1 aliphatic carbocycles. The van der Waals surface area contributed by atoms with Crippen molar-refractivity contribution in [3.05, 3.63) is 40.4 Å². The van der Waals surface area contributed by atoms with Crippen molar-refractivity contribution in [2.45, 2.75) is 31.0 Å². The first-order valence-corrected chi connectivity index (χ1v) is 8.91. The van der Waals surface area contributed by atoms with E-state index in [2.05, 4.69) is 15.9 Å². The molecule has 0 saturated carbocycles. The summed E-state index contributed by atoms with van der Waals surface area (Å²) in [4.78, 5) is 0. The summed E-state index contributed by atoms with van der Waals surface area (Å²) < 4.78 is 32.8. The van der Waals surface area contributed by atoms with Crippen LogP contribution in [0.4, 0.5) is 0 Å². The Morgan fingerprint density at radius 1 is 0.962 bits per heavy atom. The second kappa shape index (κ2) is 11.0. The van der Waals surface area contributed by atoms with Gasteiger partial charge in [-0.2, -0.15) is 0 Å². The van der Waals surface area contributed by atoms with Gasteiger partial charge in [-0.25, -0.2) is 0 Å². The van der Waals surface area contributed by atoms with Crippen LogP contribution in [0.2, 0.25) is 0 Å². The molecule has 0 saturated heterocycles. The molecule has 0 radical (unpaired) electrons. The predicted octanol–water partition coefficient (Wildman–Crippen LogP) is 2.21. The first-order chi connectivity index (χ1) is 12.6. The molecule has 7 nitrogen and oxygen atoms in total. The molecule has 1 aliphatic rings. The number of methoxy groups -OCH3 is 3. The summed E-state index contributed by atoms with van der Waals surface area (Å²) in [5.74, 6) is 0.777. The molecule has 2 rings (SSSR count). The van der Waals surface area contributed by atoms with Gasteiger partial charge in [-0.05, 0) is 23.8 Å². The van der Waals surface area contributed by atoms with E-state index in [1.54, 1.807) is 7.11 Å². The Balaban J connectivity index is 2.05. The van der Waals surface area contributed by atoms with Crippen LogP contribution in [-0.2, 0) is 30.3 Å². The zero-order chi connectivity index (χ0) is 18.9. The fraction of sp³-hybridized carbons (Fsp3) is 0.556. The molecule has 1 aromatic rings. The molecule has 4 atom stereocenters. The Morgan fingerprint density at radius 2 is 1.62 bits per heavy atom. The van der Waals surface area contributed by atoms with Crippen LogP contribution in [0.5, 0.6) is 5.75 Å². The molecule has 0 aliphatic heterocycles. The summed E-state index contributed by atoms with van der Waals surface area (Å²) in [6.45, 7) is 0.443. The van der Waals surface area contributed by atoms with Gasteiger partial charge in [0.05, 0.1) is 13.7 Å². The van der Waals surface area contributed by atoms with E-state index in [1.165, 1.54) is 14.2 Å². The molecule has 1 N–H and O–H groups in total. The van der Waals surface area contributed by atoms with Crippen LogP contribution in [-0.4, -0.2) is 64.4 Å². The summed E-state index contributed by atoms with van der Waals surface area (Å²) in [6, 6.07) is 7.55. The summed E-state index contributed by atoms with van der Waals surface area (Å²) in [5, 5.41) is 10.7. The van der Waals surface area contributed by atoms with Gasteiger partial charge in [0.1, 0.15) is 43.8 Å². The number of hydrogen-bond donors (Lipinski definition) is 1. The van der Waals surface area contributed by atoms with E-state index in [0.29, 0.717) is 11.1 Å². The van der Waals surface area contributed by atoms with E-state index < -0.39 is 24.4 Å². The SMILES string of the molecule is COCO[C@H]1[C@H](O)[C@H](OCc2ccc(OC)cc2)C(Br)=C[C@H]1OCOC. The minimum absolute atomic E-state index is 0.0330. The van der Waals surface area contributed by atoms with E-state index in [1.807, 2.05) is 30.3 Å². The fourth-order valence-corrected chi connectivity index (χ4v) is 3.26. The molecule has 0 amide bonds. The molecule has 0 bridgehead atoms. The van der Waals surface area contributed by atoms with Gasteiger partial charge >= 0.3 is 0 Å². The van der Waals surface area contributed by atoms with Crippen LogP contribution in [0.3, 0.4) is 0 Å². The molecule has 0 heterocycles. The van der Waals surface area contributed by atoms with E-state index >= 15 is 0 Å². The van der Waals surface area contributed by atoms with Crippen molar-refractivity contribution in [2.24, 2.45) is 0 Å². The van der Waals surface area contributed by atoms with Gasteiger partial charge in [-0.3, -0.25) is 0 Å². The second-order valence-electron chi connectivity index (χ2n) is 5.70. The highest BCUT2D eigenvalue weighted by molar-refractivity contribution is 9.11. The molecule has 8 heteroatoms. The van der Waals surface area contributed by atoms with Crippen molar-refractivity contribution >= 4 is 15.9 Å². The molecule has 0 fully saturated rings. The Hall–Kier alpha value is -1.00. The number of rotatable bonds is 10. The molecule has 0 spiro atoms. The minimum atomic E-state index is -0.940. The Bertz CT molecular complexity index is 563. The molecule has 146 valence electrons.